The Morgan fingerprint density at radius 1 is 1.43 bits per heavy atom. The minimum atomic E-state index is -4.49. The van der Waals surface area contributed by atoms with Gasteiger partial charge in [0, 0.05) is 0 Å². The number of rotatable bonds is 7. The van der Waals surface area contributed by atoms with Crippen LogP contribution in [0.2, 0.25) is 0 Å². The molecular formula is C12H15F3N2O4. The summed E-state index contributed by atoms with van der Waals surface area (Å²) in [5.74, 6) is -0.758. The Labute approximate surface area is 118 Å². The molecule has 0 aliphatic rings. The molecule has 21 heavy (non-hydrogen) atoms. The van der Waals surface area contributed by atoms with Crippen LogP contribution in [0, 0.1) is 0 Å². The molecule has 1 unspecified atom stereocenters. The molecule has 0 radical (unpaired) electrons. The average Bonchev–Trinajstić information content (AvgIpc) is 2.87. The van der Waals surface area contributed by atoms with Crippen LogP contribution in [0.5, 0.6) is 0 Å². The fourth-order valence-electron chi connectivity index (χ4n) is 1.35. The van der Waals surface area contributed by atoms with Gasteiger partial charge in [-0.05, 0) is 19.1 Å². The van der Waals surface area contributed by atoms with Crippen molar-refractivity contribution in [1.29, 1.82) is 0 Å². The van der Waals surface area contributed by atoms with Crippen LogP contribution in [0.1, 0.15) is 12.7 Å². The van der Waals surface area contributed by atoms with E-state index in [4.69, 9.17) is 4.42 Å². The molecule has 0 saturated carbocycles. The van der Waals surface area contributed by atoms with Crippen LogP contribution in [0.4, 0.5) is 13.2 Å². The van der Waals surface area contributed by atoms with Crippen LogP contribution in [0.3, 0.4) is 0 Å². The molecule has 0 aromatic carbocycles. The standard InChI is InChI=1S/C12H15F3N2O4/c1-8(11(19)16-5-9-3-2-4-21-9)17-10(18)6-20-7-12(13,14)15/h2-4,8H,5-7H2,1H3,(H,16,19)(H,17,18). The van der Waals surface area contributed by atoms with Gasteiger partial charge >= 0.3 is 6.18 Å². The maximum absolute atomic E-state index is 11.8. The van der Waals surface area contributed by atoms with Gasteiger partial charge in [0.2, 0.25) is 11.8 Å². The number of carbonyl (C=O) groups is 2. The highest BCUT2D eigenvalue weighted by atomic mass is 19.4. The zero-order chi connectivity index (χ0) is 15.9. The van der Waals surface area contributed by atoms with E-state index in [1.807, 2.05) is 0 Å². The molecule has 6 nitrogen and oxygen atoms in total. The molecule has 2 amide bonds. The fraction of sp³-hybridized carbons (Fsp3) is 0.500. The van der Waals surface area contributed by atoms with Crippen molar-refractivity contribution in [1.82, 2.24) is 10.6 Å². The number of carbonyl (C=O) groups excluding carboxylic acids is 2. The second-order valence-corrected chi connectivity index (χ2v) is 4.19. The van der Waals surface area contributed by atoms with Crippen molar-refractivity contribution in [3.8, 4) is 0 Å². The summed E-state index contributed by atoms with van der Waals surface area (Å²) in [6.07, 6.45) is -3.04. The van der Waals surface area contributed by atoms with E-state index in [0.29, 0.717) is 5.76 Å². The van der Waals surface area contributed by atoms with Crippen LogP contribution in [-0.4, -0.2) is 37.2 Å². The highest BCUT2D eigenvalue weighted by Crippen LogP contribution is 2.14. The zero-order valence-electron chi connectivity index (χ0n) is 11.2. The summed E-state index contributed by atoms with van der Waals surface area (Å²) in [4.78, 5) is 22.9. The van der Waals surface area contributed by atoms with E-state index in [1.54, 1.807) is 12.1 Å². The predicted octanol–water partition coefficient (Wildman–Crippen LogP) is 0.979. The molecule has 1 heterocycles. The molecule has 0 aliphatic heterocycles. The normalized spacial score (nSPS) is 12.8. The van der Waals surface area contributed by atoms with Gasteiger partial charge in [-0.25, -0.2) is 0 Å². The monoisotopic (exact) mass is 308 g/mol. The lowest BCUT2D eigenvalue weighted by atomic mass is 10.3. The van der Waals surface area contributed by atoms with Gasteiger partial charge in [-0.15, -0.1) is 0 Å². The minimum Gasteiger partial charge on any atom is -0.467 e. The maximum Gasteiger partial charge on any atom is 0.411 e. The maximum atomic E-state index is 11.8. The quantitative estimate of drug-likeness (QED) is 0.787. The number of halogens is 3. The van der Waals surface area contributed by atoms with Crippen molar-refractivity contribution in [3.05, 3.63) is 24.2 Å². The summed E-state index contributed by atoms with van der Waals surface area (Å²) >= 11 is 0. The molecule has 0 fully saturated rings. The first-order valence-electron chi connectivity index (χ1n) is 6.02. The minimum absolute atomic E-state index is 0.149. The summed E-state index contributed by atoms with van der Waals surface area (Å²) in [6.45, 7) is -0.732. The van der Waals surface area contributed by atoms with E-state index in [1.165, 1.54) is 13.2 Å². The lowest BCUT2D eigenvalue weighted by Gasteiger charge is -2.14. The molecular weight excluding hydrogens is 293 g/mol. The number of nitrogens with one attached hydrogen (secondary N) is 2. The van der Waals surface area contributed by atoms with Gasteiger partial charge in [0.1, 0.15) is 25.0 Å². The van der Waals surface area contributed by atoms with Crippen molar-refractivity contribution < 1.29 is 31.9 Å². The number of amides is 2. The van der Waals surface area contributed by atoms with E-state index in [0.717, 1.165) is 0 Å². The zero-order valence-corrected chi connectivity index (χ0v) is 11.2. The van der Waals surface area contributed by atoms with E-state index in [2.05, 4.69) is 15.4 Å². The van der Waals surface area contributed by atoms with Gasteiger partial charge in [-0.3, -0.25) is 9.59 Å². The van der Waals surface area contributed by atoms with Crippen LogP contribution >= 0.6 is 0 Å². The Morgan fingerprint density at radius 2 is 2.14 bits per heavy atom. The largest absolute Gasteiger partial charge is 0.467 e. The van der Waals surface area contributed by atoms with Gasteiger partial charge in [-0.1, -0.05) is 0 Å². The number of alkyl halides is 3. The molecule has 1 rings (SSSR count). The van der Waals surface area contributed by atoms with Crippen molar-refractivity contribution >= 4 is 11.8 Å². The molecule has 0 spiro atoms. The Bertz CT molecular complexity index is 460. The van der Waals surface area contributed by atoms with Crippen molar-refractivity contribution in [2.75, 3.05) is 13.2 Å². The molecule has 0 saturated heterocycles. The lowest BCUT2D eigenvalue weighted by Crippen LogP contribution is -2.45. The summed E-state index contributed by atoms with van der Waals surface area (Å²) in [7, 11) is 0. The smallest absolute Gasteiger partial charge is 0.411 e. The summed E-state index contributed by atoms with van der Waals surface area (Å²) in [5, 5.41) is 4.72. The Balaban J connectivity index is 2.23. The third-order valence-corrected chi connectivity index (χ3v) is 2.29. The first-order chi connectivity index (χ1) is 9.78. The third-order valence-electron chi connectivity index (χ3n) is 2.29. The van der Waals surface area contributed by atoms with Crippen LogP contribution in [0.15, 0.2) is 22.8 Å². The molecule has 0 aliphatic carbocycles. The predicted molar refractivity (Wildman–Crippen MR) is 65.0 cm³/mol. The first kappa shape index (κ1) is 17.0. The second kappa shape index (κ2) is 7.67. The number of hydrogen-bond acceptors (Lipinski definition) is 4. The molecule has 118 valence electrons. The van der Waals surface area contributed by atoms with E-state index in [-0.39, 0.29) is 6.54 Å². The van der Waals surface area contributed by atoms with Crippen molar-refractivity contribution in [2.45, 2.75) is 25.7 Å². The van der Waals surface area contributed by atoms with E-state index >= 15 is 0 Å². The number of ether oxygens (including phenoxy) is 1. The van der Waals surface area contributed by atoms with Crippen molar-refractivity contribution in [3.63, 3.8) is 0 Å². The fourth-order valence-corrected chi connectivity index (χ4v) is 1.35. The summed E-state index contributed by atoms with van der Waals surface area (Å²) in [5.41, 5.74) is 0. The molecule has 1 atom stereocenters. The summed E-state index contributed by atoms with van der Waals surface area (Å²) < 4.78 is 44.6. The average molecular weight is 308 g/mol. The van der Waals surface area contributed by atoms with Crippen LogP contribution in [0.25, 0.3) is 0 Å². The van der Waals surface area contributed by atoms with E-state index in [9.17, 15) is 22.8 Å². The Morgan fingerprint density at radius 3 is 2.71 bits per heavy atom. The Kier molecular flexibility index (Phi) is 6.22. The molecule has 9 heteroatoms. The highest BCUT2D eigenvalue weighted by Gasteiger charge is 2.28. The van der Waals surface area contributed by atoms with E-state index < -0.39 is 37.2 Å². The second-order valence-electron chi connectivity index (χ2n) is 4.19. The first-order valence-corrected chi connectivity index (χ1v) is 6.02. The SMILES string of the molecule is CC(NC(=O)COCC(F)(F)F)C(=O)NCc1ccco1. The van der Waals surface area contributed by atoms with Gasteiger partial charge in [0.15, 0.2) is 0 Å². The molecule has 1 aromatic rings. The lowest BCUT2D eigenvalue weighted by molar-refractivity contribution is -0.175. The third kappa shape index (κ3) is 7.35. The Hall–Kier alpha value is -2.03. The molecule has 0 bridgehead atoms. The summed E-state index contributed by atoms with van der Waals surface area (Å²) in [6, 6.07) is 2.42. The molecule has 2 N–H and O–H groups in total. The molecule has 1 aromatic heterocycles. The van der Waals surface area contributed by atoms with Crippen LogP contribution < -0.4 is 10.6 Å². The number of furan rings is 1. The van der Waals surface area contributed by atoms with Gasteiger partial charge in [-0.2, -0.15) is 13.2 Å². The topological polar surface area (TPSA) is 80.6 Å². The highest BCUT2D eigenvalue weighted by molar-refractivity contribution is 5.87. The number of hydrogen-bond donors (Lipinski definition) is 2. The van der Waals surface area contributed by atoms with Crippen LogP contribution in [-0.2, 0) is 20.9 Å². The van der Waals surface area contributed by atoms with Gasteiger partial charge < -0.3 is 19.8 Å². The van der Waals surface area contributed by atoms with Gasteiger partial charge in [0.05, 0.1) is 12.8 Å². The van der Waals surface area contributed by atoms with Gasteiger partial charge in [0.25, 0.3) is 0 Å². The van der Waals surface area contributed by atoms with Crippen molar-refractivity contribution in [2.24, 2.45) is 0 Å².